The van der Waals surface area contributed by atoms with Crippen LogP contribution in [0.4, 0.5) is 4.79 Å². The van der Waals surface area contributed by atoms with E-state index in [0.717, 1.165) is 31.2 Å². The standard InChI is InChI=1S/C24H48B4N4O7S/c1-21-10-12-23(13-11-21)40(37,38)39-18-8-6-5-7-9-22(19-31(24(25)33)16-14-29-26(2)34)20-32(28(4)36)17-15-30-27(3)35/h10-13,22,29-30,34-36H,5-9,14-20,25H2,1-4H3. The van der Waals surface area contributed by atoms with E-state index in [1.165, 1.54) is 7.85 Å². The molecule has 40 heavy (non-hydrogen) atoms. The first kappa shape index (κ1) is 36.6. The van der Waals surface area contributed by atoms with Crippen LogP contribution >= 0.6 is 0 Å². The van der Waals surface area contributed by atoms with Gasteiger partial charge in [0, 0.05) is 26.2 Å². The van der Waals surface area contributed by atoms with E-state index in [2.05, 4.69) is 10.5 Å². The minimum Gasteiger partial charge on any atom is -0.437 e. The number of unbranched alkanes of at least 4 members (excludes halogenated alkanes) is 3. The molecule has 16 heteroatoms. The summed E-state index contributed by atoms with van der Waals surface area (Å²) >= 11 is 0. The number of hydrogen-bond donors (Lipinski definition) is 5. The fourth-order valence-electron chi connectivity index (χ4n) is 4.35. The van der Waals surface area contributed by atoms with E-state index in [1.54, 1.807) is 49.6 Å². The van der Waals surface area contributed by atoms with Crippen LogP contribution in [0, 0.1) is 12.8 Å². The number of nitrogens with one attached hydrogen (secondary N) is 2. The zero-order chi connectivity index (χ0) is 30.1. The van der Waals surface area contributed by atoms with Crippen molar-refractivity contribution in [3.8, 4) is 0 Å². The second kappa shape index (κ2) is 19.7. The Kier molecular flexibility index (Phi) is 18.0. The Morgan fingerprint density at radius 2 is 1.52 bits per heavy atom. The van der Waals surface area contributed by atoms with Crippen LogP contribution in [0.2, 0.25) is 20.5 Å². The zero-order valence-corrected chi connectivity index (χ0v) is 25.7. The molecule has 0 saturated carbocycles. The lowest BCUT2D eigenvalue weighted by Crippen LogP contribution is -2.48. The fourth-order valence-corrected chi connectivity index (χ4v) is 5.29. The smallest absolute Gasteiger partial charge is 0.376 e. The van der Waals surface area contributed by atoms with Crippen molar-refractivity contribution in [1.29, 1.82) is 0 Å². The summed E-state index contributed by atoms with van der Waals surface area (Å²) < 4.78 is 29.9. The van der Waals surface area contributed by atoms with Gasteiger partial charge in [0.25, 0.3) is 10.1 Å². The molecule has 0 aliphatic carbocycles. The molecule has 0 aromatic heterocycles. The molecule has 0 aliphatic rings. The van der Waals surface area contributed by atoms with Crippen molar-refractivity contribution in [2.75, 3.05) is 45.9 Å². The van der Waals surface area contributed by atoms with Gasteiger partial charge in [-0.05, 0) is 71.4 Å². The molecule has 0 saturated heterocycles. The molecule has 1 aromatic rings. The summed E-state index contributed by atoms with van der Waals surface area (Å²) in [5.74, 6) is 0.0402. The van der Waals surface area contributed by atoms with Gasteiger partial charge in [0.05, 0.1) is 11.5 Å². The van der Waals surface area contributed by atoms with E-state index in [4.69, 9.17) is 4.18 Å². The normalized spacial score (nSPS) is 12.4. The minimum absolute atomic E-state index is 0.0521. The molecule has 5 N–H and O–H groups in total. The monoisotopic (exact) mass is 580 g/mol. The molecule has 0 bridgehead atoms. The Morgan fingerprint density at radius 3 is 2.08 bits per heavy atom. The van der Waals surface area contributed by atoms with Gasteiger partial charge in [-0.25, -0.2) is 0 Å². The van der Waals surface area contributed by atoms with Crippen LogP contribution in [0.3, 0.4) is 0 Å². The van der Waals surface area contributed by atoms with E-state index >= 15 is 0 Å². The molecule has 1 atom stereocenters. The third-order valence-corrected chi connectivity index (χ3v) is 7.99. The van der Waals surface area contributed by atoms with Crippen molar-refractivity contribution in [3.05, 3.63) is 29.8 Å². The average Bonchev–Trinajstić information content (AvgIpc) is 2.86. The van der Waals surface area contributed by atoms with Crippen LogP contribution in [0.1, 0.15) is 37.7 Å². The van der Waals surface area contributed by atoms with Gasteiger partial charge in [-0.2, -0.15) is 8.42 Å². The predicted molar refractivity (Wildman–Crippen MR) is 165 cm³/mol. The summed E-state index contributed by atoms with van der Waals surface area (Å²) in [6, 6.07) is 6.58. The number of benzene rings is 1. The molecule has 11 nitrogen and oxygen atoms in total. The highest BCUT2D eigenvalue weighted by Gasteiger charge is 2.23. The highest BCUT2D eigenvalue weighted by Crippen LogP contribution is 2.17. The van der Waals surface area contributed by atoms with E-state index in [9.17, 15) is 28.3 Å². The van der Waals surface area contributed by atoms with Crippen LogP contribution < -0.4 is 10.5 Å². The number of aryl methyl sites for hydroxylation is 1. The zero-order valence-electron chi connectivity index (χ0n) is 24.9. The van der Waals surface area contributed by atoms with Gasteiger partial charge in [0.15, 0.2) is 5.81 Å². The molecular formula is C24H48B4N4O7S. The van der Waals surface area contributed by atoms with Gasteiger partial charge in [-0.3, -0.25) is 8.98 Å². The third-order valence-electron chi connectivity index (χ3n) is 6.66. The van der Waals surface area contributed by atoms with Gasteiger partial charge in [0.2, 0.25) is 7.85 Å². The molecule has 224 valence electrons. The second-order valence-corrected chi connectivity index (χ2v) is 12.1. The van der Waals surface area contributed by atoms with Crippen molar-refractivity contribution in [3.63, 3.8) is 0 Å². The van der Waals surface area contributed by atoms with Crippen LogP contribution in [0.5, 0.6) is 0 Å². The summed E-state index contributed by atoms with van der Waals surface area (Å²) in [6.07, 6.45) is 4.01. The predicted octanol–water partition coefficient (Wildman–Crippen LogP) is 0.134. The molecule has 1 amide bonds. The number of amides is 1. The molecule has 0 fully saturated rings. The van der Waals surface area contributed by atoms with Crippen molar-refractivity contribution in [2.24, 2.45) is 5.92 Å². The Bertz CT molecular complexity index is 944. The van der Waals surface area contributed by atoms with Crippen molar-refractivity contribution >= 4 is 44.9 Å². The molecule has 1 unspecified atom stereocenters. The molecule has 1 rings (SSSR count). The van der Waals surface area contributed by atoms with Gasteiger partial charge in [0.1, 0.15) is 0 Å². The number of carbonyl (C=O) groups excluding carboxylic acids is 1. The minimum atomic E-state index is -3.76. The summed E-state index contributed by atoms with van der Waals surface area (Å²) in [6.45, 7) is 10.1. The number of rotatable bonds is 22. The molecule has 0 heterocycles. The SMILES string of the molecule is BC(=O)N(CCNB(C)O)CC(CCCCCCOS(=O)(=O)c1ccc(C)cc1)CN(CCNB(C)O)B(C)O. The Morgan fingerprint density at radius 1 is 0.950 bits per heavy atom. The summed E-state index contributed by atoms with van der Waals surface area (Å²) in [5.41, 5.74) is 0.980. The van der Waals surface area contributed by atoms with Crippen LogP contribution in [0.25, 0.3) is 0 Å². The first-order valence-corrected chi connectivity index (χ1v) is 15.7. The third kappa shape index (κ3) is 16.2. The van der Waals surface area contributed by atoms with Gasteiger partial charge < -0.3 is 35.2 Å². The Balaban J connectivity index is 2.64. The first-order valence-electron chi connectivity index (χ1n) is 14.3. The fraction of sp³-hybridized carbons (Fsp3) is 0.708. The van der Waals surface area contributed by atoms with Crippen LogP contribution in [0.15, 0.2) is 29.2 Å². The lowest BCUT2D eigenvalue weighted by atomic mass is 9.82. The van der Waals surface area contributed by atoms with E-state index < -0.39 is 31.3 Å². The van der Waals surface area contributed by atoms with Gasteiger partial charge >= 0.3 is 21.2 Å². The van der Waals surface area contributed by atoms with Gasteiger partial charge in [-0.1, -0.05) is 37.0 Å². The van der Waals surface area contributed by atoms with Crippen molar-refractivity contribution in [1.82, 2.24) is 20.2 Å². The quantitative estimate of drug-likeness (QED) is 0.0728. The average molecular weight is 580 g/mol. The molecule has 1 aromatic carbocycles. The largest absolute Gasteiger partial charge is 0.437 e. The first-order chi connectivity index (χ1) is 18.8. The van der Waals surface area contributed by atoms with E-state index in [-0.39, 0.29) is 23.2 Å². The Hall–Kier alpha value is -1.38. The number of hydrogen-bond acceptors (Lipinski definition) is 10. The van der Waals surface area contributed by atoms with Crippen LogP contribution in [-0.4, -0.2) is 114 Å². The summed E-state index contributed by atoms with van der Waals surface area (Å²) in [4.78, 5) is 16.2. The number of nitrogens with zero attached hydrogens (tertiary/aromatic N) is 2. The molecular weight excluding hydrogens is 532 g/mol. The molecule has 0 aliphatic heterocycles. The highest BCUT2D eigenvalue weighted by molar-refractivity contribution is 7.86. The maximum Gasteiger partial charge on any atom is 0.376 e. The maximum absolute atomic E-state index is 12.3. The van der Waals surface area contributed by atoms with E-state index in [1.807, 2.05) is 11.7 Å². The summed E-state index contributed by atoms with van der Waals surface area (Å²) in [7, 11) is -4.22. The Labute approximate surface area is 243 Å². The lowest BCUT2D eigenvalue weighted by Gasteiger charge is -2.32. The van der Waals surface area contributed by atoms with Gasteiger partial charge in [-0.15, -0.1) is 0 Å². The second-order valence-electron chi connectivity index (χ2n) is 10.5. The van der Waals surface area contributed by atoms with Crippen LogP contribution in [-0.2, 0) is 14.3 Å². The molecule has 0 spiro atoms. The van der Waals surface area contributed by atoms with E-state index in [0.29, 0.717) is 45.7 Å². The summed E-state index contributed by atoms with van der Waals surface area (Å²) in [5, 5.41) is 35.2. The van der Waals surface area contributed by atoms with Crippen molar-refractivity contribution < 1.29 is 32.5 Å². The topological polar surface area (TPSA) is 152 Å². The van der Waals surface area contributed by atoms with Crippen molar-refractivity contribution in [2.45, 2.75) is 64.4 Å². The molecule has 0 radical (unpaired) electrons. The number of carbonyl (C=O) groups is 1. The lowest BCUT2D eigenvalue weighted by molar-refractivity contribution is 0.197. The highest BCUT2D eigenvalue weighted by atomic mass is 32.2. The maximum atomic E-state index is 12.3.